The van der Waals surface area contributed by atoms with Gasteiger partial charge in [0.2, 0.25) is 0 Å². The fraction of sp³-hybridized carbons (Fsp3) is 0.100. The normalized spacial score (nSPS) is 11.1. The summed E-state index contributed by atoms with van der Waals surface area (Å²) >= 11 is 0. The number of fused-ring (bicyclic) bond motifs is 1. The highest BCUT2D eigenvalue weighted by atomic mass is 16.1. The van der Waals surface area contributed by atoms with Crippen molar-refractivity contribution in [3.8, 4) is 16.9 Å². The number of aryl methyl sites for hydroxylation is 2. The maximum absolute atomic E-state index is 13.2. The van der Waals surface area contributed by atoms with E-state index in [1.807, 2.05) is 74.5 Å². The SMILES string of the molecule is Cc1nn(-c2ccccc2)c(=O)c2c(-c3ccccc3)[nH]c(C)c12. The van der Waals surface area contributed by atoms with Crippen LogP contribution in [0.25, 0.3) is 27.7 Å². The summed E-state index contributed by atoms with van der Waals surface area (Å²) < 4.78 is 1.48. The Morgan fingerprint density at radius 3 is 2.17 bits per heavy atom. The summed E-state index contributed by atoms with van der Waals surface area (Å²) in [6.45, 7) is 3.92. The highest BCUT2D eigenvalue weighted by molar-refractivity contribution is 5.98. The van der Waals surface area contributed by atoms with E-state index in [4.69, 9.17) is 0 Å². The van der Waals surface area contributed by atoms with Crippen LogP contribution in [0.1, 0.15) is 11.4 Å². The number of hydrogen-bond donors (Lipinski definition) is 1. The van der Waals surface area contributed by atoms with Gasteiger partial charge in [-0.05, 0) is 31.5 Å². The van der Waals surface area contributed by atoms with Gasteiger partial charge >= 0.3 is 0 Å². The Morgan fingerprint density at radius 1 is 0.875 bits per heavy atom. The largest absolute Gasteiger partial charge is 0.357 e. The van der Waals surface area contributed by atoms with Crippen LogP contribution in [0.15, 0.2) is 65.5 Å². The second-order valence-electron chi connectivity index (χ2n) is 5.88. The second-order valence-corrected chi connectivity index (χ2v) is 5.88. The maximum Gasteiger partial charge on any atom is 0.281 e. The lowest BCUT2D eigenvalue weighted by atomic mass is 10.1. The van der Waals surface area contributed by atoms with Crippen LogP contribution >= 0.6 is 0 Å². The molecule has 0 atom stereocenters. The summed E-state index contributed by atoms with van der Waals surface area (Å²) in [5.74, 6) is 0. The molecular formula is C20H17N3O. The maximum atomic E-state index is 13.2. The van der Waals surface area contributed by atoms with Crippen LogP contribution in [0.5, 0.6) is 0 Å². The van der Waals surface area contributed by atoms with Crippen molar-refractivity contribution in [3.63, 3.8) is 0 Å². The monoisotopic (exact) mass is 315 g/mol. The van der Waals surface area contributed by atoms with Crippen LogP contribution in [-0.4, -0.2) is 14.8 Å². The predicted octanol–water partition coefficient (Wildman–Crippen LogP) is 4.00. The first kappa shape index (κ1) is 14.5. The quantitative estimate of drug-likeness (QED) is 0.608. The lowest BCUT2D eigenvalue weighted by molar-refractivity contribution is 0.801. The molecule has 2 aromatic heterocycles. The minimum absolute atomic E-state index is 0.106. The number of nitrogens with one attached hydrogen (secondary N) is 1. The molecular weight excluding hydrogens is 298 g/mol. The minimum atomic E-state index is -0.106. The first-order chi connectivity index (χ1) is 11.7. The highest BCUT2D eigenvalue weighted by Gasteiger charge is 2.18. The number of hydrogen-bond acceptors (Lipinski definition) is 2. The molecule has 4 aromatic rings. The van der Waals surface area contributed by atoms with Gasteiger partial charge < -0.3 is 4.98 Å². The second kappa shape index (κ2) is 5.49. The molecule has 0 saturated carbocycles. The average Bonchev–Trinajstić information content (AvgIpc) is 2.98. The van der Waals surface area contributed by atoms with E-state index in [2.05, 4.69) is 10.1 Å². The zero-order chi connectivity index (χ0) is 16.7. The summed E-state index contributed by atoms with van der Waals surface area (Å²) in [5.41, 5.74) is 4.31. The van der Waals surface area contributed by atoms with Crippen LogP contribution in [0.2, 0.25) is 0 Å². The third-order valence-electron chi connectivity index (χ3n) is 4.27. The van der Waals surface area contributed by atoms with Crippen molar-refractivity contribution in [2.24, 2.45) is 0 Å². The van der Waals surface area contributed by atoms with Crippen molar-refractivity contribution in [1.82, 2.24) is 14.8 Å². The van der Waals surface area contributed by atoms with E-state index in [1.165, 1.54) is 4.68 Å². The molecule has 0 radical (unpaired) electrons. The van der Waals surface area contributed by atoms with Gasteiger partial charge in [0.1, 0.15) is 0 Å². The van der Waals surface area contributed by atoms with E-state index >= 15 is 0 Å². The first-order valence-corrected chi connectivity index (χ1v) is 7.90. The van der Waals surface area contributed by atoms with Crippen molar-refractivity contribution in [1.29, 1.82) is 0 Å². The topological polar surface area (TPSA) is 50.7 Å². The summed E-state index contributed by atoms with van der Waals surface area (Å²) in [6.07, 6.45) is 0. The van der Waals surface area contributed by atoms with Crippen LogP contribution in [-0.2, 0) is 0 Å². The zero-order valence-electron chi connectivity index (χ0n) is 13.6. The van der Waals surface area contributed by atoms with E-state index in [9.17, 15) is 4.79 Å². The van der Waals surface area contributed by atoms with E-state index in [1.54, 1.807) is 0 Å². The lowest BCUT2D eigenvalue weighted by Crippen LogP contribution is -2.22. The predicted molar refractivity (Wildman–Crippen MR) is 96.6 cm³/mol. The zero-order valence-corrected chi connectivity index (χ0v) is 13.6. The van der Waals surface area contributed by atoms with E-state index in [-0.39, 0.29) is 5.56 Å². The lowest BCUT2D eigenvalue weighted by Gasteiger charge is -2.08. The van der Waals surface area contributed by atoms with Crippen molar-refractivity contribution < 1.29 is 0 Å². The van der Waals surface area contributed by atoms with Crippen LogP contribution in [0, 0.1) is 13.8 Å². The Balaban J connectivity index is 2.11. The number of aromatic amines is 1. The molecule has 0 unspecified atom stereocenters. The summed E-state index contributed by atoms with van der Waals surface area (Å²) in [6, 6.07) is 19.4. The molecule has 24 heavy (non-hydrogen) atoms. The standard InChI is InChI=1S/C20H17N3O/c1-13-17-14(2)22-23(16-11-7-4-8-12-16)20(24)18(17)19(21-13)15-9-5-3-6-10-15/h3-12,21H,1-2H3. The molecule has 0 bridgehead atoms. The van der Waals surface area contributed by atoms with E-state index in [0.29, 0.717) is 5.39 Å². The third kappa shape index (κ3) is 2.15. The molecule has 0 spiro atoms. The number of rotatable bonds is 2. The van der Waals surface area contributed by atoms with Gasteiger partial charge in [-0.15, -0.1) is 0 Å². The third-order valence-corrected chi connectivity index (χ3v) is 4.27. The van der Waals surface area contributed by atoms with Gasteiger partial charge in [0, 0.05) is 11.1 Å². The molecule has 0 aliphatic carbocycles. The molecule has 0 aliphatic heterocycles. The molecule has 4 nitrogen and oxygen atoms in total. The molecule has 118 valence electrons. The van der Waals surface area contributed by atoms with Gasteiger partial charge in [-0.2, -0.15) is 9.78 Å². The van der Waals surface area contributed by atoms with E-state index in [0.717, 1.165) is 33.7 Å². The number of nitrogens with zero attached hydrogens (tertiary/aromatic N) is 2. The van der Waals surface area contributed by atoms with Crippen molar-refractivity contribution in [3.05, 3.63) is 82.4 Å². The molecule has 0 amide bonds. The van der Waals surface area contributed by atoms with Gasteiger partial charge in [-0.3, -0.25) is 4.79 Å². The van der Waals surface area contributed by atoms with Gasteiger partial charge in [-0.1, -0.05) is 48.5 Å². The summed E-state index contributed by atoms with van der Waals surface area (Å²) in [4.78, 5) is 16.5. The highest BCUT2D eigenvalue weighted by Crippen LogP contribution is 2.29. The molecule has 0 fully saturated rings. The van der Waals surface area contributed by atoms with E-state index < -0.39 is 0 Å². The molecule has 0 saturated heterocycles. The molecule has 4 rings (SSSR count). The number of aromatic nitrogens is 3. The average molecular weight is 315 g/mol. The Hall–Kier alpha value is -3.14. The molecule has 2 aromatic carbocycles. The van der Waals surface area contributed by atoms with Crippen LogP contribution in [0.4, 0.5) is 0 Å². The Bertz CT molecular complexity index is 1080. The Kier molecular flexibility index (Phi) is 3.31. The smallest absolute Gasteiger partial charge is 0.281 e. The summed E-state index contributed by atoms with van der Waals surface area (Å²) in [7, 11) is 0. The van der Waals surface area contributed by atoms with Gasteiger partial charge in [0.05, 0.1) is 22.5 Å². The van der Waals surface area contributed by atoms with Crippen LogP contribution < -0.4 is 5.56 Å². The van der Waals surface area contributed by atoms with Crippen molar-refractivity contribution >= 4 is 10.8 Å². The molecule has 4 heteroatoms. The number of para-hydroxylation sites is 1. The summed E-state index contributed by atoms with van der Waals surface area (Å²) in [5, 5.41) is 6.12. The van der Waals surface area contributed by atoms with Crippen molar-refractivity contribution in [2.75, 3.05) is 0 Å². The number of H-pyrrole nitrogens is 1. The Labute approximate surface area is 139 Å². The molecule has 1 N–H and O–H groups in total. The first-order valence-electron chi connectivity index (χ1n) is 7.90. The number of benzene rings is 2. The Morgan fingerprint density at radius 2 is 1.50 bits per heavy atom. The fourth-order valence-corrected chi connectivity index (χ4v) is 3.21. The molecule has 0 aliphatic rings. The van der Waals surface area contributed by atoms with Gasteiger partial charge in [0.25, 0.3) is 5.56 Å². The fourth-order valence-electron chi connectivity index (χ4n) is 3.21. The van der Waals surface area contributed by atoms with Crippen LogP contribution in [0.3, 0.4) is 0 Å². The van der Waals surface area contributed by atoms with Gasteiger partial charge in [0.15, 0.2) is 0 Å². The molecule has 2 heterocycles. The van der Waals surface area contributed by atoms with Crippen molar-refractivity contribution in [2.45, 2.75) is 13.8 Å². The minimum Gasteiger partial charge on any atom is -0.357 e. The van der Waals surface area contributed by atoms with Gasteiger partial charge in [-0.25, -0.2) is 0 Å².